The number of benzene rings is 1. The Balaban J connectivity index is 2.89. The molecule has 0 spiro atoms. The first-order valence-electron chi connectivity index (χ1n) is 6.73. The van der Waals surface area contributed by atoms with Crippen LogP contribution in [0.1, 0.15) is 25.0 Å². The molecule has 5 heteroatoms. The van der Waals surface area contributed by atoms with Gasteiger partial charge in [-0.15, -0.1) is 0 Å². The average molecular weight is 296 g/mol. The first-order chi connectivity index (χ1) is 9.39. The van der Waals surface area contributed by atoms with E-state index in [1.807, 2.05) is 45.2 Å². The molecule has 20 heavy (non-hydrogen) atoms. The van der Waals surface area contributed by atoms with Gasteiger partial charge < -0.3 is 5.32 Å². The molecule has 0 aliphatic carbocycles. The highest BCUT2D eigenvalue weighted by Crippen LogP contribution is 2.14. The lowest BCUT2D eigenvalue weighted by atomic mass is 10.1. The SMILES string of the molecule is C=C(C)CN(CC)S(=O)(=O)Cc1cccc(CNC)c1. The maximum atomic E-state index is 12.4. The van der Waals surface area contributed by atoms with Crippen molar-refractivity contribution in [2.24, 2.45) is 0 Å². The topological polar surface area (TPSA) is 49.4 Å². The highest BCUT2D eigenvalue weighted by molar-refractivity contribution is 7.88. The van der Waals surface area contributed by atoms with Crippen molar-refractivity contribution in [3.8, 4) is 0 Å². The molecule has 1 aromatic carbocycles. The number of hydrogen-bond donors (Lipinski definition) is 1. The second-order valence-corrected chi connectivity index (χ2v) is 6.96. The second-order valence-electron chi connectivity index (χ2n) is 4.99. The minimum Gasteiger partial charge on any atom is -0.316 e. The Morgan fingerprint density at radius 1 is 1.35 bits per heavy atom. The Kier molecular flexibility index (Phi) is 6.39. The highest BCUT2D eigenvalue weighted by atomic mass is 32.2. The molecule has 1 N–H and O–H groups in total. The molecule has 0 bridgehead atoms. The van der Waals surface area contributed by atoms with Crippen molar-refractivity contribution in [1.82, 2.24) is 9.62 Å². The summed E-state index contributed by atoms with van der Waals surface area (Å²) in [6.45, 7) is 9.05. The zero-order chi connectivity index (χ0) is 15.2. The van der Waals surface area contributed by atoms with E-state index in [9.17, 15) is 8.42 Å². The van der Waals surface area contributed by atoms with E-state index in [0.29, 0.717) is 13.1 Å². The minimum atomic E-state index is -3.30. The summed E-state index contributed by atoms with van der Waals surface area (Å²) < 4.78 is 26.3. The Morgan fingerprint density at radius 3 is 2.55 bits per heavy atom. The van der Waals surface area contributed by atoms with E-state index in [-0.39, 0.29) is 5.75 Å². The summed E-state index contributed by atoms with van der Waals surface area (Å²) in [6.07, 6.45) is 0. The number of nitrogens with one attached hydrogen (secondary N) is 1. The molecule has 0 unspecified atom stereocenters. The predicted molar refractivity (Wildman–Crippen MR) is 83.9 cm³/mol. The van der Waals surface area contributed by atoms with Gasteiger partial charge in [0.2, 0.25) is 10.0 Å². The Hall–Kier alpha value is -1.17. The van der Waals surface area contributed by atoms with Crippen molar-refractivity contribution in [1.29, 1.82) is 0 Å². The smallest absolute Gasteiger partial charge is 0.218 e. The maximum Gasteiger partial charge on any atom is 0.218 e. The summed E-state index contributed by atoms with van der Waals surface area (Å²) in [4.78, 5) is 0. The van der Waals surface area contributed by atoms with Crippen molar-refractivity contribution in [2.75, 3.05) is 20.1 Å². The normalized spacial score (nSPS) is 11.8. The van der Waals surface area contributed by atoms with Crippen LogP contribution in [0.4, 0.5) is 0 Å². The first kappa shape index (κ1) is 16.9. The van der Waals surface area contributed by atoms with Gasteiger partial charge in [-0.05, 0) is 25.1 Å². The molecule has 0 heterocycles. The van der Waals surface area contributed by atoms with E-state index in [4.69, 9.17) is 0 Å². The van der Waals surface area contributed by atoms with Crippen LogP contribution in [0.2, 0.25) is 0 Å². The average Bonchev–Trinajstić information content (AvgIpc) is 2.35. The van der Waals surface area contributed by atoms with Gasteiger partial charge in [0.1, 0.15) is 0 Å². The summed E-state index contributed by atoms with van der Waals surface area (Å²) in [5, 5.41) is 3.06. The van der Waals surface area contributed by atoms with E-state index < -0.39 is 10.0 Å². The van der Waals surface area contributed by atoms with Gasteiger partial charge >= 0.3 is 0 Å². The number of hydrogen-bond acceptors (Lipinski definition) is 3. The molecule has 0 atom stereocenters. The van der Waals surface area contributed by atoms with E-state index in [1.165, 1.54) is 4.31 Å². The number of likely N-dealkylation sites (N-methyl/N-ethyl adjacent to an activating group) is 1. The molecule has 0 saturated heterocycles. The van der Waals surface area contributed by atoms with Crippen LogP contribution >= 0.6 is 0 Å². The molecule has 112 valence electrons. The standard InChI is InChI=1S/C15H24N2O2S/c1-5-17(11-13(2)3)20(18,19)12-15-8-6-7-14(9-15)10-16-4/h6-9,16H,2,5,10-12H2,1,3-4H3. The number of rotatable bonds is 8. The lowest BCUT2D eigenvalue weighted by Crippen LogP contribution is -2.33. The second kappa shape index (κ2) is 7.57. The maximum absolute atomic E-state index is 12.4. The molecular formula is C15H24N2O2S. The molecule has 0 radical (unpaired) electrons. The van der Waals surface area contributed by atoms with E-state index in [1.54, 1.807) is 0 Å². The van der Waals surface area contributed by atoms with E-state index in [2.05, 4.69) is 11.9 Å². The molecule has 0 aromatic heterocycles. The van der Waals surface area contributed by atoms with Crippen LogP contribution in [0.3, 0.4) is 0 Å². The minimum absolute atomic E-state index is 0.0334. The fourth-order valence-corrected chi connectivity index (χ4v) is 3.64. The number of nitrogens with zero attached hydrogens (tertiary/aromatic N) is 1. The summed E-state index contributed by atoms with van der Waals surface area (Å²) in [5.41, 5.74) is 2.75. The van der Waals surface area contributed by atoms with Gasteiger partial charge in [-0.2, -0.15) is 4.31 Å². The van der Waals surface area contributed by atoms with Gasteiger partial charge in [-0.1, -0.05) is 43.3 Å². The van der Waals surface area contributed by atoms with Gasteiger partial charge in [0.05, 0.1) is 5.75 Å². The van der Waals surface area contributed by atoms with Crippen LogP contribution < -0.4 is 5.32 Å². The summed E-state index contributed by atoms with van der Waals surface area (Å²) in [5.74, 6) is 0.0334. The fraction of sp³-hybridized carbons (Fsp3) is 0.467. The molecule has 0 amide bonds. The van der Waals surface area contributed by atoms with Crippen molar-refractivity contribution in [3.63, 3.8) is 0 Å². The largest absolute Gasteiger partial charge is 0.316 e. The predicted octanol–water partition coefficient (Wildman–Crippen LogP) is 2.13. The van der Waals surface area contributed by atoms with Crippen LogP contribution in [-0.4, -0.2) is 32.9 Å². The third kappa shape index (κ3) is 5.07. The quantitative estimate of drug-likeness (QED) is 0.748. The van der Waals surface area contributed by atoms with Gasteiger partial charge in [-0.25, -0.2) is 8.42 Å². The van der Waals surface area contributed by atoms with Gasteiger partial charge in [-0.3, -0.25) is 0 Å². The third-order valence-electron chi connectivity index (χ3n) is 2.91. The molecule has 1 rings (SSSR count). The molecule has 0 saturated carbocycles. The molecule has 0 aliphatic heterocycles. The number of sulfonamides is 1. The fourth-order valence-electron chi connectivity index (χ4n) is 2.04. The molecule has 1 aromatic rings. The Morgan fingerprint density at radius 2 is 2.00 bits per heavy atom. The Labute approximate surface area is 122 Å². The summed E-state index contributed by atoms with van der Waals surface area (Å²) in [7, 11) is -1.43. The first-order valence-corrected chi connectivity index (χ1v) is 8.34. The van der Waals surface area contributed by atoms with Gasteiger partial charge in [0.25, 0.3) is 0 Å². The van der Waals surface area contributed by atoms with E-state index >= 15 is 0 Å². The van der Waals surface area contributed by atoms with Gasteiger partial charge in [0.15, 0.2) is 0 Å². The lowest BCUT2D eigenvalue weighted by molar-refractivity contribution is 0.452. The monoisotopic (exact) mass is 296 g/mol. The van der Waals surface area contributed by atoms with Crippen molar-refractivity contribution in [3.05, 3.63) is 47.5 Å². The highest BCUT2D eigenvalue weighted by Gasteiger charge is 2.20. The third-order valence-corrected chi connectivity index (χ3v) is 4.79. The summed E-state index contributed by atoms with van der Waals surface area (Å²) in [6, 6.07) is 7.67. The van der Waals surface area contributed by atoms with Crippen molar-refractivity contribution < 1.29 is 8.42 Å². The zero-order valence-corrected chi connectivity index (χ0v) is 13.3. The van der Waals surface area contributed by atoms with Crippen LogP contribution in [0.15, 0.2) is 36.4 Å². The molecule has 0 aliphatic rings. The molecular weight excluding hydrogens is 272 g/mol. The molecule has 4 nitrogen and oxygen atoms in total. The summed E-state index contributed by atoms with van der Waals surface area (Å²) >= 11 is 0. The lowest BCUT2D eigenvalue weighted by Gasteiger charge is -2.20. The van der Waals surface area contributed by atoms with Crippen molar-refractivity contribution >= 4 is 10.0 Å². The van der Waals surface area contributed by atoms with Crippen molar-refractivity contribution in [2.45, 2.75) is 26.1 Å². The van der Waals surface area contributed by atoms with Gasteiger partial charge in [0, 0.05) is 19.6 Å². The van der Waals surface area contributed by atoms with Crippen LogP contribution in [-0.2, 0) is 22.3 Å². The van der Waals surface area contributed by atoms with Crippen LogP contribution in [0, 0.1) is 0 Å². The zero-order valence-electron chi connectivity index (χ0n) is 12.5. The Bertz CT molecular complexity index is 553. The molecule has 0 fully saturated rings. The van der Waals surface area contributed by atoms with E-state index in [0.717, 1.165) is 23.2 Å². The van der Waals surface area contributed by atoms with Crippen LogP contribution in [0.25, 0.3) is 0 Å². The van der Waals surface area contributed by atoms with Crippen LogP contribution in [0.5, 0.6) is 0 Å².